The van der Waals surface area contributed by atoms with Gasteiger partial charge in [-0.25, -0.2) is 14.8 Å². The normalized spacial score (nSPS) is 11.4. The Hall–Kier alpha value is -1.98. The Labute approximate surface area is 132 Å². The predicted molar refractivity (Wildman–Crippen MR) is 86.9 cm³/mol. The van der Waals surface area contributed by atoms with Gasteiger partial charge in [0.2, 0.25) is 5.91 Å². The van der Waals surface area contributed by atoms with E-state index in [2.05, 4.69) is 15.3 Å². The third-order valence-corrected chi connectivity index (χ3v) is 2.78. The van der Waals surface area contributed by atoms with E-state index in [0.717, 1.165) is 0 Å². The zero-order valence-corrected chi connectivity index (χ0v) is 13.7. The topological polar surface area (TPSA) is 81.2 Å². The minimum Gasteiger partial charge on any atom is -0.465 e. The lowest BCUT2D eigenvalue weighted by atomic mass is 9.95. The van der Waals surface area contributed by atoms with Crippen LogP contribution in [0.25, 0.3) is 0 Å². The monoisotopic (exact) mass is 309 g/mol. The molecular formula is C16H27N3O3. The number of carbonyl (C=O) groups excluding carboxylic acids is 2. The fraction of sp³-hybridized carbons (Fsp3) is 0.625. The van der Waals surface area contributed by atoms with E-state index < -0.39 is 11.4 Å². The quantitative estimate of drug-likeness (QED) is 0.849. The number of hydrogen-bond donors (Lipinski definition) is 1. The number of methoxy groups -OCH3 is 1. The molecule has 0 atom stereocenters. The highest BCUT2D eigenvalue weighted by atomic mass is 16.5. The molecule has 1 heterocycles. The van der Waals surface area contributed by atoms with Gasteiger partial charge in [0.25, 0.3) is 0 Å². The van der Waals surface area contributed by atoms with Crippen LogP contribution in [0, 0.1) is 5.41 Å². The molecule has 0 aliphatic heterocycles. The summed E-state index contributed by atoms with van der Waals surface area (Å²) in [5.41, 5.74) is -0.751. The van der Waals surface area contributed by atoms with Gasteiger partial charge in [0.05, 0.1) is 7.11 Å². The van der Waals surface area contributed by atoms with Crippen LogP contribution in [0.5, 0.6) is 0 Å². The zero-order chi connectivity index (χ0) is 16.4. The Morgan fingerprint density at radius 1 is 1.14 bits per heavy atom. The number of esters is 1. The summed E-state index contributed by atoms with van der Waals surface area (Å²) in [6, 6.07) is 0. The van der Waals surface area contributed by atoms with E-state index in [0.29, 0.717) is 5.82 Å². The van der Waals surface area contributed by atoms with Crippen molar-refractivity contribution >= 4 is 17.7 Å². The van der Waals surface area contributed by atoms with Crippen LogP contribution in [0.15, 0.2) is 6.20 Å². The molecule has 1 rings (SSSR count). The van der Waals surface area contributed by atoms with Gasteiger partial charge in [-0.3, -0.25) is 4.79 Å². The average Bonchev–Trinajstić information content (AvgIpc) is 2.35. The van der Waals surface area contributed by atoms with Crippen molar-refractivity contribution in [3.8, 4) is 0 Å². The first-order valence-electron chi connectivity index (χ1n) is 6.74. The molecular weight excluding hydrogens is 282 g/mol. The molecule has 1 aromatic heterocycles. The second-order valence-corrected chi connectivity index (χ2v) is 6.90. The van der Waals surface area contributed by atoms with Crippen molar-refractivity contribution in [2.45, 2.75) is 54.4 Å². The third-order valence-electron chi connectivity index (χ3n) is 2.78. The third kappa shape index (κ3) is 4.79. The van der Waals surface area contributed by atoms with Crippen molar-refractivity contribution in [2.75, 3.05) is 12.4 Å². The molecule has 0 unspecified atom stereocenters. The number of aromatic nitrogens is 2. The Bertz CT molecular complexity index is 555. The molecule has 22 heavy (non-hydrogen) atoms. The van der Waals surface area contributed by atoms with E-state index in [-0.39, 0.29) is 30.1 Å². The highest BCUT2D eigenvalue weighted by molar-refractivity contribution is 6.01. The molecule has 6 nitrogen and oxygen atoms in total. The molecule has 0 bridgehead atoms. The molecule has 0 saturated heterocycles. The zero-order valence-electron chi connectivity index (χ0n) is 13.7. The number of anilines is 1. The van der Waals surface area contributed by atoms with Crippen LogP contribution in [0.3, 0.4) is 0 Å². The first-order valence-corrected chi connectivity index (χ1v) is 6.74. The van der Waals surface area contributed by atoms with Gasteiger partial charge in [0, 0.05) is 17.0 Å². The minimum absolute atomic E-state index is 0. The Morgan fingerprint density at radius 2 is 1.68 bits per heavy atom. The molecule has 0 fully saturated rings. The van der Waals surface area contributed by atoms with Crippen molar-refractivity contribution in [2.24, 2.45) is 5.41 Å². The number of nitrogens with zero attached hydrogens (tertiary/aromatic N) is 2. The summed E-state index contributed by atoms with van der Waals surface area (Å²) in [7, 11) is 1.27. The first kappa shape index (κ1) is 20.0. The minimum atomic E-state index is -0.597. The lowest BCUT2D eigenvalue weighted by Gasteiger charge is -2.21. The lowest BCUT2D eigenvalue weighted by Crippen LogP contribution is -2.30. The van der Waals surface area contributed by atoms with Crippen molar-refractivity contribution in [1.29, 1.82) is 0 Å². The summed E-state index contributed by atoms with van der Waals surface area (Å²) >= 11 is 0. The maximum Gasteiger partial charge on any atom is 0.343 e. The van der Waals surface area contributed by atoms with Crippen molar-refractivity contribution < 1.29 is 14.3 Å². The number of amides is 1. The van der Waals surface area contributed by atoms with Crippen LogP contribution in [-0.4, -0.2) is 29.0 Å². The number of rotatable bonds is 2. The molecule has 6 heteroatoms. The molecule has 0 saturated carbocycles. The second kappa shape index (κ2) is 6.85. The maximum absolute atomic E-state index is 12.1. The van der Waals surface area contributed by atoms with Crippen LogP contribution in [-0.2, 0) is 14.9 Å². The lowest BCUT2D eigenvalue weighted by molar-refractivity contribution is -0.123. The average molecular weight is 309 g/mol. The SMILES string of the molecule is C.COC(=O)c1cnc(C(C)(C)C)nc1NC(=O)C(C)(C)C. The molecule has 0 spiro atoms. The van der Waals surface area contributed by atoms with E-state index >= 15 is 0 Å². The molecule has 0 aromatic carbocycles. The predicted octanol–water partition coefficient (Wildman–Crippen LogP) is 3.18. The van der Waals surface area contributed by atoms with Crippen LogP contribution >= 0.6 is 0 Å². The molecule has 1 amide bonds. The van der Waals surface area contributed by atoms with E-state index in [1.54, 1.807) is 20.8 Å². The summed E-state index contributed by atoms with van der Waals surface area (Å²) in [6.07, 6.45) is 1.39. The number of ether oxygens (including phenoxy) is 1. The van der Waals surface area contributed by atoms with E-state index in [4.69, 9.17) is 4.74 Å². The van der Waals surface area contributed by atoms with Gasteiger partial charge < -0.3 is 10.1 Å². The standard InChI is InChI=1S/C15H23N3O3.CH4/c1-14(2,3)12-16-8-9(11(19)21-7)10(17-12)18-13(20)15(4,5)6;/h8H,1-7H3,(H,16,17,18,20);1H4. The molecule has 0 aliphatic carbocycles. The maximum atomic E-state index is 12.1. The van der Waals surface area contributed by atoms with Gasteiger partial charge in [-0.15, -0.1) is 0 Å². The van der Waals surface area contributed by atoms with Gasteiger partial charge >= 0.3 is 5.97 Å². The number of hydrogen-bond acceptors (Lipinski definition) is 5. The number of nitrogens with one attached hydrogen (secondary N) is 1. The van der Waals surface area contributed by atoms with Gasteiger partial charge in [-0.1, -0.05) is 49.0 Å². The molecule has 0 radical (unpaired) electrons. The highest BCUT2D eigenvalue weighted by Gasteiger charge is 2.26. The van der Waals surface area contributed by atoms with E-state index in [1.165, 1.54) is 13.3 Å². The van der Waals surface area contributed by atoms with Crippen LogP contribution in [0.1, 0.15) is 65.2 Å². The Morgan fingerprint density at radius 3 is 2.09 bits per heavy atom. The van der Waals surface area contributed by atoms with Crippen LogP contribution in [0.4, 0.5) is 5.82 Å². The summed E-state index contributed by atoms with van der Waals surface area (Å²) in [6.45, 7) is 11.2. The van der Waals surface area contributed by atoms with Gasteiger partial charge in [-0.2, -0.15) is 0 Å². The summed E-state index contributed by atoms with van der Waals surface area (Å²) in [5, 5.41) is 2.69. The summed E-state index contributed by atoms with van der Waals surface area (Å²) < 4.78 is 4.70. The Kier molecular flexibility index (Phi) is 6.24. The highest BCUT2D eigenvalue weighted by Crippen LogP contribution is 2.23. The fourth-order valence-electron chi connectivity index (χ4n) is 1.39. The van der Waals surface area contributed by atoms with Crippen molar-refractivity contribution in [3.05, 3.63) is 17.6 Å². The molecule has 124 valence electrons. The van der Waals surface area contributed by atoms with Crippen molar-refractivity contribution in [3.63, 3.8) is 0 Å². The van der Waals surface area contributed by atoms with Gasteiger partial charge in [0.1, 0.15) is 11.4 Å². The first-order chi connectivity index (χ1) is 9.46. The van der Waals surface area contributed by atoms with Gasteiger partial charge in [-0.05, 0) is 0 Å². The summed E-state index contributed by atoms with van der Waals surface area (Å²) in [5.74, 6) is -0.0908. The van der Waals surface area contributed by atoms with Crippen LogP contribution < -0.4 is 5.32 Å². The number of carbonyl (C=O) groups is 2. The summed E-state index contributed by atoms with van der Waals surface area (Å²) in [4.78, 5) is 32.4. The molecule has 0 aliphatic rings. The molecule has 1 aromatic rings. The van der Waals surface area contributed by atoms with Gasteiger partial charge in [0.15, 0.2) is 5.82 Å². The van der Waals surface area contributed by atoms with Crippen molar-refractivity contribution in [1.82, 2.24) is 9.97 Å². The largest absolute Gasteiger partial charge is 0.465 e. The molecule has 1 N–H and O–H groups in total. The smallest absolute Gasteiger partial charge is 0.343 e. The van der Waals surface area contributed by atoms with E-state index in [9.17, 15) is 9.59 Å². The Balaban J connectivity index is 0.00000441. The second-order valence-electron chi connectivity index (χ2n) is 6.90. The fourth-order valence-corrected chi connectivity index (χ4v) is 1.39. The van der Waals surface area contributed by atoms with E-state index in [1.807, 2.05) is 20.8 Å². The van der Waals surface area contributed by atoms with Crippen LogP contribution in [0.2, 0.25) is 0 Å².